The van der Waals surface area contributed by atoms with Crippen LogP contribution in [0.3, 0.4) is 0 Å². The number of hydrogen-bond donors (Lipinski definition) is 1. The van der Waals surface area contributed by atoms with Gasteiger partial charge in [-0.25, -0.2) is 9.78 Å². The van der Waals surface area contributed by atoms with Gasteiger partial charge in [0.15, 0.2) is 0 Å². The Balaban J connectivity index is 1.27. The summed E-state index contributed by atoms with van der Waals surface area (Å²) in [6.45, 7) is 13.8. The van der Waals surface area contributed by atoms with Crippen molar-refractivity contribution in [3.63, 3.8) is 0 Å². The molecular formula is C39H56N6O4. The number of pyridine rings is 2. The van der Waals surface area contributed by atoms with Crippen molar-refractivity contribution in [1.82, 2.24) is 25.1 Å². The van der Waals surface area contributed by atoms with Gasteiger partial charge in [0, 0.05) is 54.6 Å². The lowest BCUT2D eigenvalue weighted by Gasteiger charge is -2.35. The number of nitrogens with one attached hydrogen (secondary N) is 1. The number of carbonyl (C=O) groups is 2. The summed E-state index contributed by atoms with van der Waals surface area (Å²) in [4.78, 5) is 38.5. The highest BCUT2D eigenvalue weighted by molar-refractivity contribution is 5.94. The number of methoxy groups -OCH3 is 1. The molecule has 3 aromatic heterocycles. The van der Waals surface area contributed by atoms with Gasteiger partial charge in [-0.15, -0.1) is 0 Å². The second-order valence-corrected chi connectivity index (χ2v) is 15.1. The Hall–Kier alpha value is -3.95. The Morgan fingerprint density at radius 2 is 1.78 bits per heavy atom. The van der Waals surface area contributed by atoms with Crippen molar-refractivity contribution in [2.75, 3.05) is 25.1 Å². The Bertz CT molecular complexity index is 1550. The second kappa shape index (κ2) is 16.2. The molecule has 0 aromatic carbocycles. The van der Waals surface area contributed by atoms with Crippen molar-refractivity contribution in [2.24, 2.45) is 17.3 Å². The summed E-state index contributed by atoms with van der Waals surface area (Å²) in [6.07, 6.45) is 13.0. The maximum atomic E-state index is 14.4. The monoisotopic (exact) mass is 672 g/mol. The quantitative estimate of drug-likeness (QED) is 0.206. The molecule has 0 saturated heterocycles. The summed E-state index contributed by atoms with van der Waals surface area (Å²) >= 11 is 0. The molecule has 0 bridgehead atoms. The van der Waals surface area contributed by atoms with E-state index in [-0.39, 0.29) is 35.5 Å². The van der Waals surface area contributed by atoms with Gasteiger partial charge >= 0.3 is 6.09 Å². The van der Waals surface area contributed by atoms with Crippen LogP contribution in [0.5, 0.6) is 5.75 Å². The number of amides is 2. The Labute approximate surface area is 292 Å². The van der Waals surface area contributed by atoms with E-state index < -0.39 is 0 Å². The molecule has 3 heterocycles. The van der Waals surface area contributed by atoms with Gasteiger partial charge in [0.05, 0.1) is 19.0 Å². The van der Waals surface area contributed by atoms with Crippen LogP contribution in [-0.2, 0) is 9.53 Å². The van der Waals surface area contributed by atoms with Crippen LogP contribution >= 0.6 is 0 Å². The fourth-order valence-electron chi connectivity index (χ4n) is 7.00. The lowest BCUT2D eigenvalue weighted by Crippen LogP contribution is -2.43. The van der Waals surface area contributed by atoms with Crippen LogP contribution in [0, 0.1) is 24.2 Å². The van der Waals surface area contributed by atoms with E-state index in [4.69, 9.17) is 19.4 Å². The highest BCUT2D eigenvalue weighted by Crippen LogP contribution is 2.38. The second-order valence-electron chi connectivity index (χ2n) is 15.1. The summed E-state index contributed by atoms with van der Waals surface area (Å²) in [5, 5.41) is 7.46. The lowest BCUT2D eigenvalue weighted by atomic mass is 9.79. The molecule has 0 radical (unpaired) electrons. The normalized spacial score (nSPS) is 21.3. The van der Waals surface area contributed by atoms with E-state index >= 15 is 0 Å². The molecule has 2 aliphatic rings. The summed E-state index contributed by atoms with van der Waals surface area (Å²) in [5.41, 5.74) is 4.07. The Morgan fingerprint density at radius 3 is 2.41 bits per heavy atom. The first kappa shape index (κ1) is 36.3. The van der Waals surface area contributed by atoms with E-state index in [1.807, 2.05) is 47.1 Å². The van der Waals surface area contributed by atoms with E-state index in [1.54, 1.807) is 13.3 Å². The molecule has 266 valence electrons. The van der Waals surface area contributed by atoms with Crippen LogP contribution in [0.25, 0.3) is 11.1 Å². The average Bonchev–Trinajstić information content (AvgIpc) is 3.61. The van der Waals surface area contributed by atoms with Gasteiger partial charge < -0.3 is 14.8 Å². The number of hydrogen-bond acceptors (Lipinski definition) is 7. The van der Waals surface area contributed by atoms with Crippen molar-refractivity contribution in [3.05, 3.63) is 54.2 Å². The molecule has 0 atom stereocenters. The highest BCUT2D eigenvalue weighted by atomic mass is 16.6. The van der Waals surface area contributed by atoms with E-state index in [0.29, 0.717) is 56.4 Å². The molecule has 49 heavy (non-hydrogen) atoms. The van der Waals surface area contributed by atoms with E-state index in [2.05, 4.69) is 51.1 Å². The largest absolute Gasteiger partial charge is 0.495 e. The maximum Gasteiger partial charge on any atom is 0.407 e. The van der Waals surface area contributed by atoms with E-state index in [1.165, 1.54) is 0 Å². The van der Waals surface area contributed by atoms with Gasteiger partial charge in [-0.2, -0.15) is 5.10 Å². The van der Waals surface area contributed by atoms with Gasteiger partial charge in [0.2, 0.25) is 5.91 Å². The van der Waals surface area contributed by atoms with Gasteiger partial charge in [-0.1, -0.05) is 20.8 Å². The van der Waals surface area contributed by atoms with E-state index in [0.717, 1.165) is 60.4 Å². The van der Waals surface area contributed by atoms with Crippen LogP contribution in [0.4, 0.5) is 10.6 Å². The van der Waals surface area contributed by atoms with Gasteiger partial charge in [-0.3, -0.25) is 19.4 Å². The predicted octanol–water partition coefficient (Wildman–Crippen LogP) is 8.27. The molecule has 10 nitrogen and oxygen atoms in total. The molecule has 5 rings (SSSR count). The molecule has 2 amide bonds. The minimum Gasteiger partial charge on any atom is -0.495 e. The fourth-order valence-corrected chi connectivity index (χ4v) is 7.00. The summed E-state index contributed by atoms with van der Waals surface area (Å²) in [5.74, 6) is 2.25. The molecule has 2 aliphatic carbocycles. The van der Waals surface area contributed by atoms with Crippen molar-refractivity contribution in [3.8, 4) is 16.9 Å². The summed E-state index contributed by atoms with van der Waals surface area (Å²) in [6, 6.07) is 8.39. The Morgan fingerprint density at radius 1 is 1.04 bits per heavy atom. The first-order chi connectivity index (χ1) is 23.5. The smallest absolute Gasteiger partial charge is 0.407 e. The third-order valence-electron chi connectivity index (χ3n) is 10.7. The number of anilines is 1. The molecule has 2 saturated carbocycles. The zero-order valence-corrected chi connectivity index (χ0v) is 30.6. The molecule has 0 spiro atoms. The number of rotatable bonds is 12. The molecule has 0 aliphatic heterocycles. The molecular weight excluding hydrogens is 616 g/mol. The molecule has 10 heteroatoms. The Kier molecular flexibility index (Phi) is 12.0. The van der Waals surface area contributed by atoms with Gasteiger partial charge in [-0.05, 0) is 120 Å². The van der Waals surface area contributed by atoms with E-state index in [9.17, 15) is 9.59 Å². The van der Waals surface area contributed by atoms with Crippen molar-refractivity contribution in [2.45, 2.75) is 117 Å². The standard InChI is InChI=1S/C39H56N6O4/c1-8-39(5,6)25-41-38(47)49-33-15-13-30(14-16-33)37(46)44(36-21-31(19-20-40-36)32-22-42-45(24-32)26(2)3)23-28-9-11-29(12-10-28)34-17-18-35(48-7)27(4)43-34/h17-22,24,26,28-30,33H,8-16,23,25H2,1-7H3,(H,41,47). The highest BCUT2D eigenvalue weighted by Gasteiger charge is 2.34. The van der Waals surface area contributed by atoms with Crippen molar-refractivity contribution >= 4 is 17.8 Å². The molecule has 2 fully saturated rings. The first-order valence-corrected chi connectivity index (χ1v) is 18.2. The number of ether oxygens (including phenoxy) is 2. The minimum atomic E-state index is -0.365. The fraction of sp³-hybridized carbons (Fsp3) is 0.615. The van der Waals surface area contributed by atoms with Crippen LogP contribution in [-0.4, -0.2) is 58.1 Å². The third kappa shape index (κ3) is 9.40. The minimum absolute atomic E-state index is 0.0255. The third-order valence-corrected chi connectivity index (χ3v) is 10.7. The molecule has 3 aromatic rings. The topological polar surface area (TPSA) is 111 Å². The number of carbonyl (C=O) groups excluding carboxylic acids is 2. The number of alkyl carbamates (subject to hydrolysis) is 1. The van der Waals surface area contributed by atoms with Crippen LogP contribution in [0.15, 0.2) is 42.9 Å². The number of aromatic nitrogens is 4. The average molecular weight is 673 g/mol. The summed E-state index contributed by atoms with van der Waals surface area (Å²) in [7, 11) is 1.68. The molecule has 0 unspecified atom stereocenters. The number of aryl methyl sites for hydroxylation is 1. The van der Waals surface area contributed by atoms with Crippen LogP contribution in [0.2, 0.25) is 0 Å². The van der Waals surface area contributed by atoms with Gasteiger partial charge in [0.25, 0.3) is 0 Å². The molecule has 1 N–H and O–H groups in total. The number of nitrogens with zero attached hydrogens (tertiary/aromatic N) is 5. The van der Waals surface area contributed by atoms with Crippen molar-refractivity contribution < 1.29 is 19.1 Å². The SMILES string of the molecule is CCC(C)(C)CNC(=O)OC1CCC(C(=O)N(CC2CCC(c3ccc(OC)c(C)n3)CC2)c2cc(-c3cnn(C(C)C)c3)ccn2)CC1. The van der Waals surface area contributed by atoms with Crippen molar-refractivity contribution in [1.29, 1.82) is 0 Å². The van der Waals surface area contributed by atoms with Crippen LogP contribution < -0.4 is 15.0 Å². The summed E-state index contributed by atoms with van der Waals surface area (Å²) < 4.78 is 13.1. The van der Waals surface area contributed by atoms with Crippen LogP contribution in [0.1, 0.15) is 116 Å². The lowest BCUT2D eigenvalue weighted by molar-refractivity contribution is -0.124. The van der Waals surface area contributed by atoms with Gasteiger partial charge in [0.1, 0.15) is 17.7 Å². The zero-order chi connectivity index (χ0) is 35.1. The maximum absolute atomic E-state index is 14.4. The first-order valence-electron chi connectivity index (χ1n) is 18.2. The predicted molar refractivity (Wildman–Crippen MR) is 193 cm³/mol. The zero-order valence-electron chi connectivity index (χ0n) is 30.6.